The maximum atomic E-state index is 14.3. The van der Waals surface area contributed by atoms with Crippen LogP contribution in [0.15, 0.2) is 30.3 Å². The zero-order valence-electron chi connectivity index (χ0n) is 31.7. The Kier molecular flexibility index (Phi) is 15.1. The smallest absolute Gasteiger partial charge is 0.242 e. The summed E-state index contributed by atoms with van der Waals surface area (Å²) >= 11 is 0. The molecule has 0 spiro atoms. The van der Waals surface area contributed by atoms with E-state index in [0.717, 1.165) is 24.8 Å². The summed E-state index contributed by atoms with van der Waals surface area (Å²) in [7, 11) is 6.65. The second-order valence-electron chi connectivity index (χ2n) is 14.8. The lowest BCUT2D eigenvalue weighted by molar-refractivity contribution is -0.147. The van der Waals surface area contributed by atoms with Gasteiger partial charge in [0.25, 0.3) is 0 Å². The number of fused-ring (bicyclic) bond motifs is 1. The van der Waals surface area contributed by atoms with Crippen LogP contribution in [0.2, 0.25) is 0 Å². The van der Waals surface area contributed by atoms with E-state index in [1.54, 1.807) is 33.2 Å². The molecule has 1 aromatic carbocycles. The van der Waals surface area contributed by atoms with Crippen molar-refractivity contribution in [2.45, 2.75) is 117 Å². The van der Waals surface area contributed by atoms with Gasteiger partial charge in [-0.2, -0.15) is 0 Å². The van der Waals surface area contributed by atoms with Gasteiger partial charge < -0.3 is 35.2 Å². The summed E-state index contributed by atoms with van der Waals surface area (Å²) < 4.78 is 12.0. The van der Waals surface area contributed by atoms with Crippen molar-refractivity contribution in [1.82, 2.24) is 25.8 Å². The molecule has 1 aromatic rings. The van der Waals surface area contributed by atoms with E-state index in [4.69, 9.17) is 9.47 Å². The van der Waals surface area contributed by atoms with Crippen molar-refractivity contribution < 1.29 is 28.7 Å². The average Bonchev–Trinajstić information content (AvgIpc) is 3.50. The summed E-state index contributed by atoms with van der Waals surface area (Å²) in [6.45, 7) is 13.9. The van der Waals surface area contributed by atoms with Crippen LogP contribution in [0.3, 0.4) is 0 Å². The van der Waals surface area contributed by atoms with Crippen LogP contribution in [0.25, 0.3) is 0 Å². The highest BCUT2D eigenvalue weighted by Crippen LogP contribution is 2.54. The molecule has 0 aromatic heterocycles. The molecule has 1 heterocycles. The third kappa shape index (κ3) is 9.82. The lowest BCUT2D eigenvalue weighted by Gasteiger charge is -2.40. The molecule has 11 heteroatoms. The topological polar surface area (TPSA) is 129 Å². The number of nitrogens with one attached hydrogen (secondary N) is 3. The summed E-state index contributed by atoms with van der Waals surface area (Å²) in [4.78, 5) is 57.6. The van der Waals surface area contributed by atoms with Gasteiger partial charge in [0, 0.05) is 33.4 Å². The first kappa shape index (κ1) is 40.4. The Balaban J connectivity index is 1.73. The van der Waals surface area contributed by atoms with E-state index in [-0.39, 0.29) is 66.6 Å². The molecule has 0 radical (unpaired) electrons. The van der Waals surface area contributed by atoms with Gasteiger partial charge in [0.15, 0.2) is 0 Å². The van der Waals surface area contributed by atoms with Crippen LogP contribution in [0, 0.1) is 29.6 Å². The summed E-state index contributed by atoms with van der Waals surface area (Å²) in [6, 6.07) is 9.07. The quantitative estimate of drug-likeness (QED) is 0.204. The summed E-state index contributed by atoms with van der Waals surface area (Å²) in [5, 5.41) is 8.95. The molecular formula is C38H63N5O6. The molecule has 11 nitrogen and oxygen atoms in total. The molecule has 11 atom stereocenters. The van der Waals surface area contributed by atoms with Crippen molar-refractivity contribution in [1.29, 1.82) is 0 Å². The lowest BCUT2D eigenvalue weighted by Crippen LogP contribution is -2.56. The lowest BCUT2D eigenvalue weighted by atomic mass is 9.89. The second-order valence-corrected chi connectivity index (χ2v) is 14.8. The van der Waals surface area contributed by atoms with E-state index in [0.29, 0.717) is 11.8 Å². The minimum atomic E-state index is -0.567. The number of hydrogen-bond acceptors (Lipinski definition) is 7. The van der Waals surface area contributed by atoms with E-state index in [1.807, 2.05) is 50.8 Å². The minimum Gasteiger partial charge on any atom is -0.379 e. The number of amides is 4. The first-order valence-corrected chi connectivity index (χ1v) is 18.1. The van der Waals surface area contributed by atoms with E-state index in [1.165, 1.54) is 0 Å². The molecule has 2 fully saturated rings. The Morgan fingerprint density at radius 2 is 1.65 bits per heavy atom. The Hall–Kier alpha value is -3.02. The molecule has 1 saturated carbocycles. The number of benzene rings is 1. The number of likely N-dealkylation sites (N-methyl/N-ethyl adjacent to an activating group) is 2. The third-order valence-corrected chi connectivity index (χ3v) is 11.1. The van der Waals surface area contributed by atoms with Gasteiger partial charge in [-0.3, -0.25) is 19.2 Å². The monoisotopic (exact) mass is 685 g/mol. The number of methoxy groups -OCH3 is 2. The number of piperidine rings is 1. The molecule has 4 amide bonds. The predicted molar refractivity (Wildman–Crippen MR) is 192 cm³/mol. The molecular weight excluding hydrogens is 622 g/mol. The van der Waals surface area contributed by atoms with Crippen molar-refractivity contribution >= 4 is 23.6 Å². The van der Waals surface area contributed by atoms with Gasteiger partial charge in [-0.1, -0.05) is 78.3 Å². The van der Waals surface area contributed by atoms with E-state index < -0.39 is 30.2 Å². The fraction of sp³-hybridized carbons (Fsp3) is 0.737. The largest absolute Gasteiger partial charge is 0.379 e. The highest BCUT2D eigenvalue weighted by molar-refractivity contribution is 5.87. The summed E-state index contributed by atoms with van der Waals surface area (Å²) in [5.41, 5.74) is 1.15. The number of likely N-dealkylation sites (tertiary alicyclic amines) is 1. The Morgan fingerprint density at radius 3 is 2.20 bits per heavy atom. The zero-order valence-corrected chi connectivity index (χ0v) is 31.7. The fourth-order valence-corrected chi connectivity index (χ4v) is 8.02. The van der Waals surface area contributed by atoms with Gasteiger partial charge in [-0.25, -0.2) is 0 Å². The van der Waals surface area contributed by atoms with Crippen molar-refractivity contribution in [3.63, 3.8) is 0 Å². The number of carbonyl (C=O) groups excluding carboxylic acids is 4. The second kappa shape index (κ2) is 18.3. The molecule has 3 rings (SSSR count). The van der Waals surface area contributed by atoms with Gasteiger partial charge in [-0.05, 0) is 56.0 Å². The molecule has 1 aliphatic carbocycles. The molecule has 1 saturated heterocycles. The average molecular weight is 686 g/mol. The van der Waals surface area contributed by atoms with Crippen LogP contribution in [-0.4, -0.2) is 111 Å². The van der Waals surface area contributed by atoms with Crippen molar-refractivity contribution in [3.8, 4) is 0 Å². The minimum absolute atomic E-state index is 0.0263. The molecule has 276 valence electrons. The maximum Gasteiger partial charge on any atom is 0.242 e. The first-order valence-electron chi connectivity index (χ1n) is 18.1. The normalized spacial score (nSPS) is 24.2. The molecule has 0 bridgehead atoms. The van der Waals surface area contributed by atoms with Crippen LogP contribution < -0.4 is 16.0 Å². The zero-order chi connectivity index (χ0) is 36.6. The molecule has 11 unspecified atom stereocenters. The number of carbonyl (C=O) groups is 4. The van der Waals surface area contributed by atoms with Gasteiger partial charge in [0.05, 0.1) is 49.2 Å². The number of ether oxygens (including phenoxy) is 2. The van der Waals surface area contributed by atoms with Crippen LogP contribution in [0.4, 0.5) is 0 Å². The van der Waals surface area contributed by atoms with Crippen LogP contribution in [0.1, 0.15) is 73.3 Å². The SMILES string of the molecule is CCC(C)C(C(CC(=O)N1C(C(OC)C(C)C(=O)NC(C)Cc2ccccc2)CC2C(C)C21)OC)N(C)C(=O)CNC(=O)C(NC)C(C)C. The Morgan fingerprint density at radius 1 is 1.00 bits per heavy atom. The summed E-state index contributed by atoms with van der Waals surface area (Å²) in [6.07, 6.45) is 1.32. The van der Waals surface area contributed by atoms with Crippen LogP contribution >= 0.6 is 0 Å². The van der Waals surface area contributed by atoms with E-state index in [9.17, 15) is 19.2 Å². The first-order chi connectivity index (χ1) is 23.2. The highest BCUT2D eigenvalue weighted by Gasteiger charge is 2.62. The Bertz CT molecular complexity index is 1250. The van der Waals surface area contributed by atoms with Gasteiger partial charge in [-0.15, -0.1) is 0 Å². The Labute approximate surface area is 294 Å². The standard InChI is InChI=1S/C38H63N5O6/c1-12-23(4)34(42(9)32(45)21-40-38(47)33(39-8)22(2)3)30(48-10)20-31(44)43-29(19-28-25(6)35(28)43)36(49-11)26(7)37(46)41-24(5)18-27-16-14-13-15-17-27/h13-17,22-26,28-30,33-36,39H,12,18-21H2,1-11H3,(H,40,47)(H,41,46). The van der Waals surface area contributed by atoms with E-state index in [2.05, 4.69) is 48.9 Å². The van der Waals surface area contributed by atoms with Gasteiger partial charge in [0.1, 0.15) is 0 Å². The van der Waals surface area contributed by atoms with Crippen molar-refractivity contribution in [3.05, 3.63) is 35.9 Å². The number of hydrogen-bond donors (Lipinski definition) is 3. The van der Waals surface area contributed by atoms with Crippen molar-refractivity contribution in [2.24, 2.45) is 29.6 Å². The van der Waals surface area contributed by atoms with Crippen molar-refractivity contribution in [2.75, 3.05) is 34.9 Å². The van der Waals surface area contributed by atoms with Gasteiger partial charge >= 0.3 is 0 Å². The third-order valence-electron chi connectivity index (χ3n) is 11.1. The van der Waals surface area contributed by atoms with E-state index >= 15 is 0 Å². The molecule has 3 N–H and O–H groups in total. The fourth-order valence-electron chi connectivity index (χ4n) is 8.02. The highest BCUT2D eigenvalue weighted by atomic mass is 16.5. The van der Waals surface area contributed by atoms with Crippen LogP contribution in [-0.2, 0) is 35.1 Å². The molecule has 2 aliphatic rings. The maximum absolute atomic E-state index is 14.3. The summed E-state index contributed by atoms with van der Waals surface area (Å²) in [5.74, 6) is -0.269. The molecule has 1 aliphatic heterocycles. The number of nitrogens with zero attached hydrogens (tertiary/aromatic N) is 2. The predicted octanol–water partition coefficient (Wildman–Crippen LogP) is 3.26. The molecule has 49 heavy (non-hydrogen) atoms. The van der Waals surface area contributed by atoms with Gasteiger partial charge in [0.2, 0.25) is 23.6 Å². The van der Waals surface area contributed by atoms with Crippen LogP contribution in [0.5, 0.6) is 0 Å². The number of rotatable bonds is 19.